The quantitative estimate of drug-likeness (QED) is 0.276. The van der Waals surface area contributed by atoms with Gasteiger partial charge in [0.25, 0.3) is 10.0 Å². The van der Waals surface area contributed by atoms with E-state index < -0.39 is 25.0 Å². The predicted octanol–water partition coefficient (Wildman–Crippen LogP) is -1.16. The number of phenolic OH excluding ortho intramolecular Hbond substituents is 1. The Labute approximate surface area is 178 Å². The number of nitrogen functional groups attached to an aromatic ring is 1. The minimum absolute atomic E-state index is 0. The molecule has 0 amide bonds. The fourth-order valence-corrected chi connectivity index (χ4v) is 4.05. The van der Waals surface area contributed by atoms with E-state index in [2.05, 4.69) is 4.72 Å². The van der Waals surface area contributed by atoms with Crippen LogP contribution in [0, 0.1) is 0 Å². The van der Waals surface area contributed by atoms with Crippen molar-refractivity contribution in [3.8, 4) is 5.75 Å². The average Bonchev–Trinajstić information content (AvgIpc) is 2.53. The second-order valence-electron chi connectivity index (χ2n) is 5.51. The van der Waals surface area contributed by atoms with E-state index in [1.165, 1.54) is 24.3 Å². The van der Waals surface area contributed by atoms with E-state index in [4.69, 9.17) is 5.73 Å². The largest absolute Gasteiger partial charge is 1.00 e. The average molecular weight is 416 g/mol. The third kappa shape index (κ3) is 4.72. The van der Waals surface area contributed by atoms with Crippen LogP contribution in [0.3, 0.4) is 0 Å². The molecule has 4 N–H and O–H groups in total. The zero-order chi connectivity index (χ0) is 19.1. The third-order valence-electron chi connectivity index (χ3n) is 3.61. The topological polar surface area (TPSA) is 150 Å². The van der Waals surface area contributed by atoms with E-state index in [9.17, 15) is 26.5 Å². The molecule has 8 nitrogen and oxygen atoms in total. The molecule has 3 aromatic rings. The van der Waals surface area contributed by atoms with E-state index in [1.54, 1.807) is 12.1 Å². The van der Waals surface area contributed by atoms with Gasteiger partial charge >= 0.3 is 29.6 Å². The SMILES string of the molecule is Nc1ccc2c(O)cc(S(=O)(=O)Nc3cccc(S(=O)(=O)[O-])c3)cc2c1.[Na+]. The summed E-state index contributed by atoms with van der Waals surface area (Å²) in [5.41, 5.74) is 5.97. The maximum atomic E-state index is 12.6. The number of hydrogen-bond acceptors (Lipinski definition) is 7. The molecule has 136 valence electrons. The van der Waals surface area contributed by atoms with Gasteiger partial charge in [-0.25, -0.2) is 16.8 Å². The number of fused-ring (bicyclic) bond motifs is 1. The number of hydrogen-bond donors (Lipinski definition) is 3. The Morgan fingerprint density at radius 2 is 1.63 bits per heavy atom. The number of nitrogens with two attached hydrogens (primary N) is 1. The van der Waals surface area contributed by atoms with Crippen molar-refractivity contribution in [1.29, 1.82) is 0 Å². The van der Waals surface area contributed by atoms with E-state index in [1.807, 2.05) is 0 Å². The van der Waals surface area contributed by atoms with Crippen LogP contribution in [0.15, 0.2) is 64.4 Å². The van der Waals surface area contributed by atoms with E-state index in [-0.39, 0.29) is 45.9 Å². The summed E-state index contributed by atoms with van der Waals surface area (Å²) in [7, 11) is -8.87. The molecule has 0 atom stereocenters. The Morgan fingerprint density at radius 1 is 0.926 bits per heavy atom. The van der Waals surface area contributed by atoms with Crippen molar-refractivity contribution in [3.05, 3.63) is 54.6 Å². The van der Waals surface area contributed by atoms with Crippen molar-refractivity contribution in [2.75, 3.05) is 10.5 Å². The van der Waals surface area contributed by atoms with Crippen LogP contribution in [0.25, 0.3) is 10.8 Å². The van der Waals surface area contributed by atoms with Crippen LogP contribution in [0.4, 0.5) is 11.4 Å². The van der Waals surface area contributed by atoms with Crippen molar-refractivity contribution in [1.82, 2.24) is 0 Å². The zero-order valence-corrected chi connectivity index (χ0v) is 17.7. The van der Waals surface area contributed by atoms with E-state index in [0.29, 0.717) is 16.5 Å². The molecule has 0 heterocycles. The summed E-state index contributed by atoms with van der Waals surface area (Å²) in [6.07, 6.45) is 0. The number of nitrogens with one attached hydrogen (secondary N) is 1. The monoisotopic (exact) mass is 416 g/mol. The summed E-state index contributed by atoms with van der Waals surface area (Å²) < 4.78 is 60.5. The van der Waals surface area contributed by atoms with Crippen molar-refractivity contribution < 1.29 is 56.1 Å². The standard InChI is InChI=1S/C16H14N2O6S2.Na/c17-11-4-5-15-10(6-11)7-14(9-16(15)19)25(20,21)18-12-2-1-3-13(8-12)26(22,23)24;/h1-9,18-19H,17H2,(H,22,23,24);/q;+1/p-1. The number of sulfonamides is 1. The summed E-state index contributed by atoms with van der Waals surface area (Å²) in [6, 6.07) is 11.5. The molecular weight excluding hydrogens is 403 g/mol. The van der Waals surface area contributed by atoms with Gasteiger partial charge in [-0.1, -0.05) is 6.07 Å². The Hall–Kier alpha value is -1.82. The van der Waals surface area contributed by atoms with Gasteiger partial charge in [0.2, 0.25) is 0 Å². The third-order valence-corrected chi connectivity index (χ3v) is 5.81. The van der Waals surface area contributed by atoms with Gasteiger partial charge in [0, 0.05) is 17.1 Å². The Balaban J connectivity index is 0.00000261. The molecule has 0 radical (unpaired) electrons. The molecular formula is C16H13N2NaO6S2. The normalized spacial score (nSPS) is 11.7. The van der Waals surface area contributed by atoms with Crippen LogP contribution in [0.2, 0.25) is 0 Å². The van der Waals surface area contributed by atoms with Crippen LogP contribution in [0.1, 0.15) is 0 Å². The van der Waals surface area contributed by atoms with E-state index >= 15 is 0 Å². The number of rotatable bonds is 4. The Bertz CT molecular complexity index is 1230. The van der Waals surface area contributed by atoms with Crippen LogP contribution in [0.5, 0.6) is 5.75 Å². The number of anilines is 2. The number of phenols is 1. The van der Waals surface area contributed by atoms with Gasteiger partial charge in [-0.05, 0) is 47.9 Å². The van der Waals surface area contributed by atoms with Crippen molar-refractivity contribution in [3.63, 3.8) is 0 Å². The van der Waals surface area contributed by atoms with Gasteiger partial charge in [-0.3, -0.25) is 4.72 Å². The van der Waals surface area contributed by atoms with Crippen LogP contribution >= 0.6 is 0 Å². The van der Waals surface area contributed by atoms with Crippen molar-refractivity contribution >= 4 is 42.3 Å². The van der Waals surface area contributed by atoms with Gasteiger partial charge in [-0.2, -0.15) is 0 Å². The zero-order valence-electron chi connectivity index (χ0n) is 14.1. The van der Waals surface area contributed by atoms with Gasteiger partial charge in [0.05, 0.1) is 15.5 Å². The molecule has 0 bridgehead atoms. The first-order valence-electron chi connectivity index (χ1n) is 7.17. The Kier molecular flexibility index (Phi) is 6.10. The smallest absolute Gasteiger partial charge is 0.744 e. The molecule has 0 fully saturated rings. The summed E-state index contributed by atoms with van der Waals surface area (Å²) in [5.74, 6) is -0.251. The summed E-state index contributed by atoms with van der Waals surface area (Å²) in [5, 5.41) is 10.9. The Morgan fingerprint density at radius 3 is 2.30 bits per heavy atom. The molecule has 27 heavy (non-hydrogen) atoms. The van der Waals surface area contributed by atoms with Gasteiger partial charge < -0.3 is 15.4 Å². The fraction of sp³-hybridized carbons (Fsp3) is 0. The summed E-state index contributed by atoms with van der Waals surface area (Å²) >= 11 is 0. The first-order valence-corrected chi connectivity index (χ1v) is 10.1. The molecule has 3 rings (SSSR count). The van der Waals surface area contributed by atoms with Crippen molar-refractivity contribution in [2.24, 2.45) is 0 Å². The molecule has 0 aliphatic carbocycles. The second kappa shape index (κ2) is 7.66. The molecule has 3 aromatic carbocycles. The van der Waals surface area contributed by atoms with Crippen molar-refractivity contribution in [2.45, 2.75) is 9.79 Å². The molecule has 0 aliphatic heterocycles. The molecule has 0 aromatic heterocycles. The molecule has 0 saturated carbocycles. The molecule has 0 spiro atoms. The first-order chi connectivity index (χ1) is 12.1. The van der Waals surface area contributed by atoms with Gasteiger partial charge in [-0.15, -0.1) is 0 Å². The first kappa shape index (κ1) is 21.5. The molecule has 0 unspecified atom stereocenters. The second-order valence-corrected chi connectivity index (χ2v) is 8.57. The maximum absolute atomic E-state index is 12.6. The van der Waals surface area contributed by atoms with Gasteiger partial charge in [0.15, 0.2) is 0 Å². The van der Waals surface area contributed by atoms with Crippen LogP contribution in [-0.2, 0) is 20.1 Å². The minimum atomic E-state index is -4.72. The van der Waals surface area contributed by atoms with E-state index in [0.717, 1.165) is 18.2 Å². The summed E-state index contributed by atoms with van der Waals surface area (Å²) in [4.78, 5) is -0.810. The van der Waals surface area contributed by atoms with Gasteiger partial charge in [0.1, 0.15) is 15.9 Å². The fourth-order valence-electron chi connectivity index (χ4n) is 2.43. The predicted molar refractivity (Wildman–Crippen MR) is 95.2 cm³/mol. The number of benzene rings is 3. The summed E-state index contributed by atoms with van der Waals surface area (Å²) in [6.45, 7) is 0. The molecule has 0 saturated heterocycles. The maximum Gasteiger partial charge on any atom is 1.00 e. The molecule has 0 aliphatic rings. The minimum Gasteiger partial charge on any atom is -0.744 e. The number of aromatic hydroxyl groups is 1. The molecule has 11 heteroatoms. The van der Waals surface area contributed by atoms with Crippen LogP contribution in [-0.4, -0.2) is 26.5 Å². The van der Waals surface area contributed by atoms with Crippen LogP contribution < -0.4 is 40.0 Å².